The molecular formula is C20H26ClNO. The molecule has 0 bridgehead atoms. The van der Waals surface area contributed by atoms with Crippen LogP contribution in [0.5, 0.6) is 0 Å². The average molecular weight is 332 g/mol. The normalized spacial score (nSPS) is 15.1. The monoisotopic (exact) mass is 331 g/mol. The van der Waals surface area contributed by atoms with E-state index in [0.717, 1.165) is 29.1 Å². The van der Waals surface area contributed by atoms with Gasteiger partial charge in [0.25, 0.3) is 0 Å². The quantitative estimate of drug-likeness (QED) is 0.734. The first-order valence-corrected chi connectivity index (χ1v) is 8.63. The molecule has 2 nitrogen and oxygen atoms in total. The van der Waals surface area contributed by atoms with Crippen LogP contribution in [0.2, 0.25) is 5.02 Å². The van der Waals surface area contributed by atoms with Crippen LogP contribution in [0.3, 0.4) is 0 Å². The van der Waals surface area contributed by atoms with Gasteiger partial charge in [-0.3, -0.25) is 0 Å². The molecule has 1 N–H and O–H groups in total. The zero-order valence-corrected chi connectivity index (χ0v) is 14.9. The van der Waals surface area contributed by atoms with E-state index in [1.807, 2.05) is 42.5 Å². The molecule has 124 valence electrons. The van der Waals surface area contributed by atoms with Gasteiger partial charge in [0, 0.05) is 17.7 Å². The summed E-state index contributed by atoms with van der Waals surface area (Å²) in [6, 6.07) is 18.7. The second kappa shape index (κ2) is 8.49. The standard InChI is InChI=1S/C20H26ClNO/c1-4-22-16(2)14-15-23-20(3,17-8-6-5-7-9-17)18-10-12-19(21)13-11-18/h5-13,16,22H,4,14-15H2,1-3H3. The van der Waals surface area contributed by atoms with Gasteiger partial charge in [-0.15, -0.1) is 0 Å². The van der Waals surface area contributed by atoms with Crippen LogP contribution in [0.1, 0.15) is 38.3 Å². The highest BCUT2D eigenvalue weighted by atomic mass is 35.5. The van der Waals surface area contributed by atoms with Crippen molar-refractivity contribution in [2.24, 2.45) is 0 Å². The Bertz CT molecular complexity index is 584. The zero-order chi connectivity index (χ0) is 16.7. The molecule has 2 unspecified atom stereocenters. The Morgan fingerprint density at radius 2 is 1.65 bits per heavy atom. The molecule has 2 aromatic carbocycles. The summed E-state index contributed by atoms with van der Waals surface area (Å²) in [6.07, 6.45) is 0.976. The number of nitrogens with one attached hydrogen (secondary N) is 1. The summed E-state index contributed by atoms with van der Waals surface area (Å²) in [6.45, 7) is 8.12. The summed E-state index contributed by atoms with van der Waals surface area (Å²) in [5, 5.41) is 4.16. The molecule has 0 heterocycles. The van der Waals surface area contributed by atoms with Crippen molar-refractivity contribution in [2.75, 3.05) is 13.2 Å². The van der Waals surface area contributed by atoms with Gasteiger partial charge < -0.3 is 10.1 Å². The lowest BCUT2D eigenvalue weighted by Crippen LogP contribution is -2.31. The molecule has 0 aromatic heterocycles. The van der Waals surface area contributed by atoms with Crippen LogP contribution in [0.15, 0.2) is 54.6 Å². The number of rotatable bonds is 8. The van der Waals surface area contributed by atoms with Crippen LogP contribution in [-0.2, 0) is 10.3 Å². The van der Waals surface area contributed by atoms with E-state index in [1.165, 1.54) is 0 Å². The van der Waals surface area contributed by atoms with Gasteiger partial charge in [-0.2, -0.15) is 0 Å². The largest absolute Gasteiger partial charge is 0.366 e. The SMILES string of the molecule is CCNC(C)CCOC(C)(c1ccccc1)c1ccc(Cl)cc1. The van der Waals surface area contributed by atoms with Gasteiger partial charge in [-0.25, -0.2) is 0 Å². The second-order valence-electron chi connectivity index (χ2n) is 6.00. The molecule has 0 aliphatic carbocycles. The first kappa shape index (κ1) is 18.0. The summed E-state index contributed by atoms with van der Waals surface area (Å²) in [5.74, 6) is 0. The molecule has 2 aromatic rings. The average Bonchev–Trinajstić information content (AvgIpc) is 2.56. The second-order valence-corrected chi connectivity index (χ2v) is 6.44. The van der Waals surface area contributed by atoms with Crippen LogP contribution in [0, 0.1) is 0 Å². The first-order chi connectivity index (χ1) is 11.1. The van der Waals surface area contributed by atoms with Gasteiger partial charge in [0.05, 0.1) is 0 Å². The van der Waals surface area contributed by atoms with Crippen LogP contribution in [-0.4, -0.2) is 19.2 Å². The predicted molar refractivity (Wildman–Crippen MR) is 98.1 cm³/mol. The van der Waals surface area contributed by atoms with Gasteiger partial charge in [-0.1, -0.05) is 61.0 Å². The zero-order valence-electron chi connectivity index (χ0n) is 14.2. The van der Waals surface area contributed by atoms with Gasteiger partial charge in [0.15, 0.2) is 0 Å². The van der Waals surface area contributed by atoms with Crippen LogP contribution in [0.4, 0.5) is 0 Å². The lowest BCUT2D eigenvalue weighted by Gasteiger charge is -2.32. The Morgan fingerprint density at radius 1 is 1.04 bits per heavy atom. The summed E-state index contributed by atoms with van der Waals surface area (Å²) < 4.78 is 6.38. The van der Waals surface area contributed by atoms with Crippen molar-refractivity contribution in [1.82, 2.24) is 5.32 Å². The summed E-state index contributed by atoms with van der Waals surface area (Å²) >= 11 is 6.04. The minimum Gasteiger partial charge on any atom is -0.366 e. The summed E-state index contributed by atoms with van der Waals surface area (Å²) in [4.78, 5) is 0. The third-order valence-corrected chi connectivity index (χ3v) is 4.47. The number of halogens is 1. The third-order valence-electron chi connectivity index (χ3n) is 4.21. The first-order valence-electron chi connectivity index (χ1n) is 8.25. The van der Waals surface area contributed by atoms with Crippen molar-refractivity contribution in [3.63, 3.8) is 0 Å². The van der Waals surface area contributed by atoms with Crippen LogP contribution in [0.25, 0.3) is 0 Å². The fourth-order valence-electron chi connectivity index (χ4n) is 2.75. The van der Waals surface area contributed by atoms with Crippen molar-refractivity contribution >= 4 is 11.6 Å². The number of benzene rings is 2. The number of hydrogen-bond donors (Lipinski definition) is 1. The lowest BCUT2D eigenvalue weighted by molar-refractivity contribution is -0.00792. The van der Waals surface area contributed by atoms with Gasteiger partial charge >= 0.3 is 0 Å². The minimum absolute atomic E-state index is 0.449. The molecule has 0 fully saturated rings. The summed E-state index contributed by atoms with van der Waals surface area (Å²) in [5.41, 5.74) is 1.79. The topological polar surface area (TPSA) is 21.3 Å². The van der Waals surface area contributed by atoms with E-state index in [0.29, 0.717) is 12.6 Å². The van der Waals surface area contributed by atoms with Crippen molar-refractivity contribution < 1.29 is 4.74 Å². The molecule has 2 atom stereocenters. The van der Waals surface area contributed by atoms with Gasteiger partial charge in [0.2, 0.25) is 0 Å². The van der Waals surface area contributed by atoms with Crippen LogP contribution < -0.4 is 5.32 Å². The molecule has 3 heteroatoms. The van der Waals surface area contributed by atoms with E-state index in [4.69, 9.17) is 16.3 Å². The molecular weight excluding hydrogens is 306 g/mol. The van der Waals surface area contributed by atoms with E-state index < -0.39 is 5.60 Å². The Morgan fingerprint density at radius 3 is 2.26 bits per heavy atom. The minimum atomic E-state index is -0.474. The third kappa shape index (κ3) is 4.81. The van der Waals surface area contributed by atoms with E-state index in [1.54, 1.807) is 0 Å². The highest BCUT2D eigenvalue weighted by Gasteiger charge is 2.29. The van der Waals surface area contributed by atoms with Crippen molar-refractivity contribution in [2.45, 2.75) is 38.8 Å². The fourth-order valence-corrected chi connectivity index (χ4v) is 2.87. The Labute approximate surface area is 144 Å². The molecule has 0 aliphatic rings. The van der Waals surface area contributed by atoms with Crippen LogP contribution >= 0.6 is 11.6 Å². The predicted octanol–water partition coefficient (Wildman–Crippen LogP) is 5.01. The maximum atomic E-state index is 6.38. The van der Waals surface area contributed by atoms with E-state index >= 15 is 0 Å². The van der Waals surface area contributed by atoms with Crippen molar-refractivity contribution in [3.05, 3.63) is 70.7 Å². The molecule has 23 heavy (non-hydrogen) atoms. The van der Waals surface area contributed by atoms with Gasteiger partial charge in [0.1, 0.15) is 5.60 Å². The number of ether oxygens (including phenoxy) is 1. The Balaban J connectivity index is 2.20. The van der Waals surface area contributed by atoms with E-state index in [-0.39, 0.29) is 0 Å². The lowest BCUT2D eigenvalue weighted by atomic mass is 9.88. The van der Waals surface area contributed by atoms with E-state index in [2.05, 4.69) is 38.2 Å². The molecule has 0 amide bonds. The van der Waals surface area contributed by atoms with E-state index in [9.17, 15) is 0 Å². The molecule has 0 saturated heterocycles. The fraction of sp³-hybridized carbons (Fsp3) is 0.400. The number of hydrogen-bond acceptors (Lipinski definition) is 2. The Hall–Kier alpha value is -1.35. The smallest absolute Gasteiger partial charge is 0.115 e. The van der Waals surface area contributed by atoms with Crippen molar-refractivity contribution in [3.8, 4) is 0 Å². The highest BCUT2D eigenvalue weighted by molar-refractivity contribution is 6.30. The molecule has 0 aliphatic heterocycles. The maximum absolute atomic E-state index is 6.38. The van der Waals surface area contributed by atoms with Gasteiger partial charge in [-0.05, 0) is 50.1 Å². The summed E-state index contributed by atoms with van der Waals surface area (Å²) in [7, 11) is 0. The molecule has 0 spiro atoms. The maximum Gasteiger partial charge on any atom is 0.115 e. The molecule has 0 saturated carbocycles. The molecule has 0 radical (unpaired) electrons. The molecule has 2 rings (SSSR count). The van der Waals surface area contributed by atoms with Crippen molar-refractivity contribution in [1.29, 1.82) is 0 Å². The highest BCUT2D eigenvalue weighted by Crippen LogP contribution is 2.34. The Kier molecular flexibility index (Phi) is 6.64.